The van der Waals surface area contributed by atoms with Gasteiger partial charge in [-0.2, -0.15) is 5.10 Å². The van der Waals surface area contributed by atoms with Crippen LogP contribution in [0, 0.1) is 0 Å². The van der Waals surface area contributed by atoms with Crippen molar-refractivity contribution in [3.63, 3.8) is 0 Å². The van der Waals surface area contributed by atoms with Crippen LogP contribution in [0.5, 0.6) is 5.75 Å². The van der Waals surface area contributed by atoms with Crippen LogP contribution in [-0.2, 0) is 14.4 Å². The number of carbonyl (C=O) groups excluding carboxylic acids is 2. The van der Waals surface area contributed by atoms with Gasteiger partial charge in [-0.1, -0.05) is 29.3 Å². The average Bonchev–Trinajstić information content (AvgIpc) is 2.64. The maximum absolute atomic E-state index is 11.8. The van der Waals surface area contributed by atoms with E-state index in [0.29, 0.717) is 11.3 Å². The second-order valence-corrected chi connectivity index (χ2v) is 5.79. The number of hydrogen-bond donors (Lipinski definition) is 3. The number of ether oxygens (including phenoxy) is 1. The number of halogens is 2. The Balaban J connectivity index is 1.87. The van der Waals surface area contributed by atoms with Gasteiger partial charge in [-0.05, 0) is 42.0 Å². The Labute approximate surface area is 163 Å². The van der Waals surface area contributed by atoms with E-state index in [2.05, 4.69) is 15.8 Å². The molecule has 0 radical (unpaired) electrons. The lowest BCUT2D eigenvalue weighted by molar-refractivity contribution is -0.139. The number of amides is 2. The van der Waals surface area contributed by atoms with Crippen LogP contribution < -0.4 is 15.5 Å². The van der Waals surface area contributed by atoms with Crippen LogP contribution in [0.3, 0.4) is 0 Å². The van der Waals surface area contributed by atoms with Crippen molar-refractivity contribution in [2.24, 2.45) is 5.10 Å². The van der Waals surface area contributed by atoms with Gasteiger partial charge in [0.05, 0.1) is 21.9 Å². The number of hydrazone groups is 1. The smallest absolute Gasteiger partial charge is 0.341 e. The predicted molar refractivity (Wildman–Crippen MR) is 100 cm³/mol. The summed E-state index contributed by atoms with van der Waals surface area (Å²) in [6, 6.07) is 10.9. The molecule has 2 aromatic carbocycles. The van der Waals surface area contributed by atoms with E-state index < -0.39 is 24.4 Å². The standard InChI is InChI=1S/C17H13Cl2N3O5/c18-12-2-1-3-13(15(12)19)21-16(25)17(26)22-20-8-10-4-6-11(7-5-10)27-9-14(23)24/h1-8H,9H2,(H,21,25)(H,22,26)(H,23,24)/b20-8+. The predicted octanol–water partition coefficient (Wildman–Crippen LogP) is 2.55. The number of nitrogens with one attached hydrogen (secondary N) is 2. The van der Waals surface area contributed by atoms with E-state index >= 15 is 0 Å². The van der Waals surface area contributed by atoms with Crippen molar-refractivity contribution in [1.82, 2.24) is 5.43 Å². The largest absolute Gasteiger partial charge is 0.482 e. The van der Waals surface area contributed by atoms with Gasteiger partial charge in [0.2, 0.25) is 0 Å². The Morgan fingerprint density at radius 3 is 2.44 bits per heavy atom. The maximum atomic E-state index is 11.8. The molecule has 10 heteroatoms. The number of hydrogen-bond acceptors (Lipinski definition) is 5. The third kappa shape index (κ3) is 6.28. The van der Waals surface area contributed by atoms with Crippen molar-refractivity contribution in [3.05, 3.63) is 58.1 Å². The molecule has 8 nitrogen and oxygen atoms in total. The maximum Gasteiger partial charge on any atom is 0.341 e. The molecule has 0 bridgehead atoms. The van der Waals surface area contributed by atoms with Crippen molar-refractivity contribution < 1.29 is 24.2 Å². The minimum Gasteiger partial charge on any atom is -0.482 e. The molecule has 140 valence electrons. The van der Waals surface area contributed by atoms with E-state index in [0.717, 1.165) is 0 Å². The summed E-state index contributed by atoms with van der Waals surface area (Å²) >= 11 is 11.8. The van der Waals surface area contributed by atoms with Crippen molar-refractivity contribution in [1.29, 1.82) is 0 Å². The van der Waals surface area contributed by atoms with Crippen LogP contribution >= 0.6 is 23.2 Å². The van der Waals surface area contributed by atoms with Gasteiger partial charge in [0.1, 0.15) is 5.75 Å². The van der Waals surface area contributed by atoms with E-state index in [1.165, 1.54) is 12.3 Å². The Kier molecular flexibility index (Phi) is 7.16. The minimum atomic E-state index is -1.08. The molecule has 2 aromatic rings. The van der Waals surface area contributed by atoms with Crippen LogP contribution in [0.1, 0.15) is 5.56 Å². The van der Waals surface area contributed by atoms with E-state index in [1.807, 2.05) is 0 Å². The molecule has 0 fully saturated rings. The van der Waals surface area contributed by atoms with Gasteiger partial charge < -0.3 is 15.2 Å². The van der Waals surface area contributed by atoms with Gasteiger partial charge >= 0.3 is 17.8 Å². The zero-order valence-electron chi connectivity index (χ0n) is 13.6. The number of anilines is 1. The first-order valence-corrected chi connectivity index (χ1v) is 8.15. The highest BCUT2D eigenvalue weighted by atomic mass is 35.5. The first-order valence-electron chi connectivity index (χ1n) is 7.40. The molecule has 0 aromatic heterocycles. The second-order valence-electron chi connectivity index (χ2n) is 5.01. The number of benzene rings is 2. The molecule has 0 aliphatic rings. The number of aliphatic carboxylic acids is 1. The molecule has 3 N–H and O–H groups in total. The molecule has 0 saturated carbocycles. The molecule has 2 rings (SSSR count). The first-order chi connectivity index (χ1) is 12.9. The van der Waals surface area contributed by atoms with Gasteiger partial charge in [-0.3, -0.25) is 9.59 Å². The lowest BCUT2D eigenvalue weighted by Gasteiger charge is -2.06. The third-order valence-electron chi connectivity index (χ3n) is 3.03. The van der Waals surface area contributed by atoms with Crippen LogP contribution in [-0.4, -0.2) is 35.7 Å². The molecular weight excluding hydrogens is 397 g/mol. The quantitative estimate of drug-likeness (QED) is 0.385. The summed E-state index contributed by atoms with van der Waals surface area (Å²) in [7, 11) is 0. The number of carbonyl (C=O) groups is 3. The summed E-state index contributed by atoms with van der Waals surface area (Å²) in [6.07, 6.45) is 1.30. The van der Waals surface area contributed by atoms with Gasteiger partial charge in [0.15, 0.2) is 6.61 Å². The van der Waals surface area contributed by atoms with Crippen LogP contribution in [0.15, 0.2) is 47.6 Å². The Hall–Kier alpha value is -3.10. The molecule has 0 unspecified atom stereocenters. The van der Waals surface area contributed by atoms with Gasteiger partial charge in [-0.15, -0.1) is 0 Å². The highest BCUT2D eigenvalue weighted by Gasteiger charge is 2.15. The molecular formula is C17H13Cl2N3O5. The van der Waals surface area contributed by atoms with Gasteiger partial charge in [-0.25, -0.2) is 10.2 Å². The van der Waals surface area contributed by atoms with E-state index in [9.17, 15) is 14.4 Å². The average molecular weight is 410 g/mol. The molecule has 0 aliphatic heterocycles. The molecule has 2 amide bonds. The van der Waals surface area contributed by atoms with Crippen LogP contribution in [0.25, 0.3) is 0 Å². The molecule has 0 heterocycles. The fraction of sp³-hybridized carbons (Fsp3) is 0.0588. The summed E-state index contributed by atoms with van der Waals surface area (Å²) in [4.78, 5) is 34.0. The lowest BCUT2D eigenvalue weighted by Crippen LogP contribution is -2.32. The van der Waals surface area contributed by atoms with Crippen LogP contribution in [0.4, 0.5) is 5.69 Å². The lowest BCUT2D eigenvalue weighted by atomic mass is 10.2. The summed E-state index contributed by atoms with van der Waals surface area (Å²) in [6.45, 7) is -0.449. The molecule has 0 spiro atoms. The fourth-order valence-electron chi connectivity index (χ4n) is 1.79. The SMILES string of the molecule is O=C(O)COc1ccc(/C=N/NC(=O)C(=O)Nc2cccc(Cl)c2Cl)cc1. The zero-order chi connectivity index (χ0) is 19.8. The molecule has 0 atom stereocenters. The number of carboxylic acids is 1. The van der Waals surface area contributed by atoms with Gasteiger partial charge in [0, 0.05) is 0 Å². The Morgan fingerprint density at radius 1 is 1.07 bits per heavy atom. The van der Waals surface area contributed by atoms with Crippen LogP contribution in [0.2, 0.25) is 10.0 Å². The minimum absolute atomic E-state index is 0.119. The second kappa shape index (κ2) is 9.56. The monoisotopic (exact) mass is 409 g/mol. The molecule has 0 aliphatic carbocycles. The summed E-state index contributed by atoms with van der Waals surface area (Å²) in [5.74, 6) is -2.67. The molecule has 27 heavy (non-hydrogen) atoms. The zero-order valence-corrected chi connectivity index (χ0v) is 15.1. The van der Waals surface area contributed by atoms with E-state index in [-0.39, 0.29) is 15.7 Å². The number of rotatable bonds is 6. The number of nitrogens with zero attached hydrogens (tertiary/aromatic N) is 1. The van der Waals surface area contributed by atoms with E-state index in [1.54, 1.807) is 36.4 Å². The first kappa shape index (κ1) is 20.2. The van der Waals surface area contributed by atoms with E-state index in [4.69, 9.17) is 33.0 Å². The summed E-state index contributed by atoms with van der Waals surface area (Å²) in [5, 5.41) is 14.9. The Bertz CT molecular complexity index is 885. The molecule has 0 saturated heterocycles. The topological polar surface area (TPSA) is 117 Å². The number of carboxylic acid groups (broad SMARTS) is 1. The van der Waals surface area contributed by atoms with Crippen molar-refractivity contribution in [2.75, 3.05) is 11.9 Å². The summed E-state index contributed by atoms with van der Waals surface area (Å²) < 4.78 is 4.98. The van der Waals surface area contributed by atoms with Crippen molar-refractivity contribution >= 4 is 52.9 Å². The highest BCUT2D eigenvalue weighted by molar-refractivity contribution is 6.45. The summed E-state index contributed by atoms with van der Waals surface area (Å²) in [5.41, 5.74) is 2.87. The third-order valence-corrected chi connectivity index (χ3v) is 3.85. The van der Waals surface area contributed by atoms with Gasteiger partial charge in [0.25, 0.3) is 0 Å². The van der Waals surface area contributed by atoms with Crippen molar-refractivity contribution in [3.8, 4) is 5.75 Å². The van der Waals surface area contributed by atoms with Crippen molar-refractivity contribution in [2.45, 2.75) is 0 Å². The normalized spacial score (nSPS) is 10.4. The fourth-order valence-corrected chi connectivity index (χ4v) is 2.14. The Morgan fingerprint density at radius 2 is 1.78 bits per heavy atom. The highest BCUT2D eigenvalue weighted by Crippen LogP contribution is 2.29.